The molecule has 2 aromatic heterocycles. The number of benzene rings is 1. The van der Waals surface area contributed by atoms with Gasteiger partial charge in [0.1, 0.15) is 11.6 Å². The third-order valence-corrected chi connectivity index (χ3v) is 5.20. The smallest absolute Gasteiger partial charge is 0.224 e. The van der Waals surface area contributed by atoms with Crippen molar-refractivity contribution in [2.45, 2.75) is 47.0 Å². The summed E-state index contributed by atoms with van der Waals surface area (Å²) in [7, 11) is 0. The summed E-state index contributed by atoms with van der Waals surface area (Å²) in [6.45, 7) is 7.87. The molecule has 0 bridgehead atoms. The van der Waals surface area contributed by atoms with Gasteiger partial charge in [0.05, 0.1) is 5.69 Å². The molecule has 1 N–H and O–H groups in total. The number of carbonyl (C=O) groups excluding carboxylic acids is 1. The van der Waals surface area contributed by atoms with Crippen molar-refractivity contribution in [3.63, 3.8) is 0 Å². The van der Waals surface area contributed by atoms with E-state index in [2.05, 4.69) is 20.4 Å². The van der Waals surface area contributed by atoms with Gasteiger partial charge in [-0.25, -0.2) is 9.67 Å². The number of aromatic nitrogens is 4. The molecule has 4 rings (SSSR count). The van der Waals surface area contributed by atoms with Crippen LogP contribution in [0.1, 0.15) is 42.0 Å². The monoisotopic (exact) mass is 391 g/mol. The first-order chi connectivity index (χ1) is 13.9. The lowest BCUT2D eigenvalue weighted by molar-refractivity contribution is -0.116. The first kappa shape index (κ1) is 19.1. The second kappa shape index (κ2) is 7.66. The lowest BCUT2D eigenvalue weighted by Gasteiger charge is -2.10. The highest BCUT2D eigenvalue weighted by Crippen LogP contribution is 2.32. The second-order valence-corrected chi connectivity index (χ2v) is 7.64. The van der Waals surface area contributed by atoms with Gasteiger partial charge in [-0.1, -0.05) is 0 Å². The number of nitrogens with one attached hydrogen (secondary N) is 1. The molecule has 7 nitrogen and oxygen atoms in total. The Kier molecular flexibility index (Phi) is 5.05. The Balaban J connectivity index is 1.49. The number of nitrogens with zero attached hydrogens (tertiary/aromatic N) is 4. The van der Waals surface area contributed by atoms with Crippen molar-refractivity contribution in [1.29, 1.82) is 0 Å². The largest absolute Gasteiger partial charge is 0.439 e. The van der Waals surface area contributed by atoms with E-state index in [0.717, 1.165) is 35.5 Å². The summed E-state index contributed by atoms with van der Waals surface area (Å²) in [6.07, 6.45) is 2.93. The van der Waals surface area contributed by atoms with E-state index in [1.54, 1.807) is 6.07 Å². The molecule has 1 amide bonds. The van der Waals surface area contributed by atoms with E-state index < -0.39 is 0 Å². The number of hydrogen-bond donors (Lipinski definition) is 1. The van der Waals surface area contributed by atoms with Crippen molar-refractivity contribution in [2.24, 2.45) is 5.92 Å². The van der Waals surface area contributed by atoms with Gasteiger partial charge in [0.2, 0.25) is 11.8 Å². The maximum absolute atomic E-state index is 11.9. The number of ether oxygens (including phenoxy) is 1. The van der Waals surface area contributed by atoms with E-state index in [1.807, 2.05) is 56.6 Å². The summed E-state index contributed by atoms with van der Waals surface area (Å²) < 4.78 is 7.74. The number of anilines is 1. The van der Waals surface area contributed by atoms with Crippen molar-refractivity contribution in [1.82, 2.24) is 19.7 Å². The molecule has 0 atom stereocenters. The molecule has 1 aliphatic rings. The molecule has 7 heteroatoms. The van der Waals surface area contributed by atoms with Crippen LogP contribution in [0, 0.1) is 33.6 Å². The van der Waals surface area contributed by atoms with Crippen LogP contribution < -0.4 is 10.1 Å². The standard InChI is InChI=1S/C22H25N5O2/c1-13-14(2)26-27(15(13)3)20-12-22(24-16(4)23-20)29-19-9-7-18(8-10-19)25-21(28)11-17-5-6-17/h7-10,12,17H,5-6,11H2,1-4H3,(H,25,28). The Morgan fingerprint density at radius 1 is 1.14 bits per heavy atom. The van der Waals surface area contributed by atoms with Gasteiger partial charge in [-0.2, -0.15) is 10.1 Å². The van der Waals surface area contributed by atoms with Gasteiger partial charge >= 0.3 is 0 Å². The van der Waals surface area contributed by atoms with Gasteiger partial charge in [-0.05, 0) is 76.3 Å². The van der Waals surface area contributed by atoms with Gasteiger partial charge in [0.25, 0.3) is 0 Å². The fraction of sp³-hybridized carbons (Fsp3) is 0.364. The Morgan fingerprint density at radius 3 is 2.48 bits per heavy atom. The van der Waals surface area contributed by atoms with Gasteiger partial charge in [0.15, 0.2) is 5.82 Å². The fourth-order valence-electron chi connectivity index (χ4n) is 3.15. The summed E-state index contributed by atoms with van der Waals surface area (Å²) in [5, 5.41) is 7.49. The lowest BCUT2D eigenvalue weighted by Crippen LogP contribution is -2.11. The number of carbonyl (C=O) groups is 1. The number of rotatable bonds is 6. The Bertz CT molecular complexity index is 1050. The topological polar surface area (TPSA) is 81.9 Å². The van der Waals surface area contributed by atoms with Crippen molar-refractivity contribution in [3.05, 3.63) is 53.1 Å². The highest BCUT2D eigenvalue weighted by molar-refractivity contribution is 5.91. The molecule has 0 radical (unpaired) electrons. The van der Waals surface area contributed by atoms with Crippen molar-refractivity contribution in [2.75, 3.05) is 5.32 Å². The number of aryl methyl sites for hydroxylation is 2. The van der Waals surface area contributed by atoms with Crippen LogP contribution in [-0.4, -0.2) is 25.7 Å². The summed E-state index contributed by atoms with van der Waals surface area (Å²) in [6, 6.07) is 9.07. The van der Waals surface area contributed by atoms with Crippen molar-refractivity contribution >= 4 is 11.6 Å². The molecule has 2 heterocycles. The SMILES string of the molecule is Cc1nc(Oc2ccc(NC(=O)CC3CC3)cc2)cc(-n2nc(C)c(C)c2C)n1. The molecule has 29 heavy (non-hydrogen) atoms. The minimum absolute atomic E-state index is 0.0671. The first-order valence-electron chi connectivity index (χ1n) is 9.85. The van der Waals surface area contributed by atoms with E-state index in [-0.39, 0.29) is 5.91 Å². The minimum Gasteiger partial charge on any atom is -0.439 e. The zero-order valence-electron chi connectivity index (χ0n) is 17.2. The van der Waals surface area contributed by atoms with Gasteiger partial charge in [0, 0.05) is 23.9 Å². The highest BCUT2D eigenvalue weighted by Gasteiger charge is 2.24. The molecule has 0 aliphatic heterocycles. The highest BCUT2D eigenvalue weighted by atomic mass is 16.5. The van der Waals surface area contributed by atoms with E-state index >= 15 is 0 Å². The molecule has 0 unspecified atom stereocenters. The maximum Gasteiger partial charge on any atom is 0.224 e. The molecule has 0 spiro atoms. The van der Waals surface area contributed by atoms with Crippen LogP contribution >= 0.6 is 0 Å². The predicted octanol–water partition coefficient (Wildman–Crippen LogP) is 4.43. The van der Waals surface area contributed by atoms with Crippen LogP contribution in [0.25, 0.3) is 5.82 Å². The van der Waals surface area contributed by atoms with Gasteiger partial charge in [-0.15, -0.1) is 0 Å². The van der Waals surface area contributed by atoms with Crippen molar-refractivity contribution < 1.29 is 9.53 Å². The summed E-state index contributed by atoms with van der Waals surface area (Å²) in [4.78, 5) is 20.8. The van der Waals surface area contributed by atoms with E-state index in [0.29, 0.717) is 35.6 Å². The van der Waals surface area contributed by atoms with Gasteiger partial charge in [-0.3, -0.25) is 4.79 Å². The molecule has 1 aliphatic carbocycles. The van der Waals surface area contributed by atoms with Crippen LogP contribution in [0.2, 0.25) is 0 Å². The quantitative estimate of drug-likeness (QED) is 0.672. The lowest BCUT2D eigenvalue weighted by atomic mass is 10.2. The summed E-state index contributed by atoms with van der Waals surface area (Å²) in [5.41, 5.74) is 3.92. The molecule has 0 saturated heterocycles. The molecular formula is C22H25N5O2. The van der Waals surface area contributed by atoms with Crippen LogP contribution in [0.15, 0.2) is 30.3 Å². The van der Waals surface area contributed by atoms with Gasteiger partial charge < -0.3 is 10.1 Å². The number of amides is 1. The Morgan fingerprint density at radius 2 is 1.86 bits per heavy atom. The second-order valence-electron chi connectivity index (χ2n) is 7.64. The van der Waals surface area contributed by atoms with Crippen LogP contribution in [0.3, 0.4) is 0 Å². The van der Waals surface area contributed by atoms with Crippen LogP contribution in [0.4, 0.5) is 5.69 Å². The van der Waals surface area contributed by atoms with E-state index in [9.17, 15) is 4.79 Å². The van der Waals surface area contributed by atoms with Crippen LogP contribution in [-0.2, 0) is 4.79 Å². The summed E-state index contributed by atoms with van der Waals surface area (Å²) >= 11 is 0. The Hall–Kier alpha value is -3.22. The third-order valence-electron chi connectivity index (χ3n) is 5.20. The van der Waals surface area contributed by atoms with Crippen molar-refractivity contribution in [3.8, 4) is 17.4 Å². The van der Waals surface area contributed by atoms with Crippen LogP contribution in [0.5, 0.6) is 11.6 Å². The summed E-state index contributed by atoms with van der Waals surface area (Å²) in [5.74, 6) is 3.00. The zero-order chi connectivity index (χ0) is 20.5. The minimum atomic E-state index is 0.0671. The predicted molar refractivity (Wildman–Crippen MR) is 111 cm³/mol. The van der Waals surface area contributed by atoms with E-state index in [4.69, 9.17) is 4.74 Å². The Labute approximate surface area is 170 Å². The first-order valence-corrected chi connectivity index (χ1v) is 9.85. The van der Waals surface area contributed by atoms with E-state index in [1.165, 1.54) is 0 Å². The normalized spacial score (nSPS) is 13.4. The average molecular weight is 391 g/mol. The number of hydrogen-bond acceptors (Lipinski definition) is 5. The fourth-order valence-corrected chi connectivity index (χ4v) is 3.15. The third kappa shape index (κ3) is 4.45. The average Bonchev–Trinajstić information content (AvgIpc) is 3.45. The molecule has 3 aromatic rings. The molecule has 1 fully saturated rings. The molecule has 150 valence electrons. The zero-order valence-corrected chi connectivity index (χ0v) is 17.2. The maximum atomic E-state index is 11.9. The molecule has 1 aromatic carbocycles. The molecular weight excluding hydrogens is 366 g/mol. The molecule has 1 saturated carbocycles.